The highest BCUT2D eigenvalue weighted by atomic mass is 35.5. The second kappa shape index (κ2) is 8.52. The Bertz CT molecular complexity index is 811. The summed E-state index contributed by atoms with van der Waals surface area (Å²) in [5.41, 5.74) is 3.54. The first kappa shape index (κ1) is 20.2. The summed E-state index contributed by atoms with van der Waals surface area (Å²) < 4.78 is 0. The number of carbonyl (C=O) groups is 2. The fourth-order valence-corrected chi connectivity index (χ4v) is 3.56. The first-order valence-electron chi connectivity index (χ1n) is 8.69. The Labute approximate surface area is 159 Å². The molecule has 1 heterocycles. The van der Waals surface area contributed by atoms with Gasteiger partial charge in [-0.25, -0.2) is 0 Å². The number of aromatic nitrogens is 1. The van der Waals surface area contributed by atoms with E-state index in [-0.39, 0.29) is 17.7 Å². The molecule has 140 valence electrons. The summed E-state index contributed by atoms with van der Waals surface area (Å²) in [5.74, 6) is -0.242. The SMILES string of the molecule is CCc1c(C(=O)NCC(c2ccccc2Cl)N(C)C)[nH]c(C)c1C(C)=O. The molecular weight excluding hydrogens is 350 g/mol. The highest BCUT2D eigenvalue weighted by molar-refractivity contribution is 6.31. The van der Waals surface area contributed by atoms with Crippen LogP contribution in [0.1, 0.15) is 57.6 Å². The van der Waals surface area contributed by atoms with E-state index in [0.717, 1.165) is 16.8 Å². The molecule has 0 radical (unpaired) electrons. The van der Waals surface area contributed by atoms with Crippen LogP contribution in [-0.2, 0) is 6.42 Å². The first-order valence-corrected chi connectivity index (χ1v) is 9.07. The van der Waals surface area contributed by atoms with Gasteiger partial charge >= 0.3 is 0 Å². The number of hydrogen-bond acceptors (Lipinski definition) is 3. The molecule has 0 bridgehead atoms. The highest BCUT2D eigenvalue weighted by Crippen LogP contribution is 2.26. The molecule has 26 heavy (non-hydrogen) atoms. The van der Waals surface area contributed by atoms with Crippen molar-refractivity contribution in [3.8, 4) is 0 Å². The molecule has 1 aromatic carbocycles. The summed E-state index contributed by atoms with van der Waals surface area (Å²) in [7, 11) is 3.90. The van der Waals surface area contributed by atoms with E-state index in [1.807, 2.05) is 57.1 Å². The fourth-order valence-electron chi connectivity index (χ4n) is 3.29. The van der Waals surface area contributed by atoms with Crippen LogP contribution in [0.3, 0.4) is 0 Å². The van der Waals surface area contributed by atoms with E-state index in [1.54, 1.807) is 0 Å². The maximum absolute atomic E-state index is 12.8. The van der Waals surface area contributed by atoms with Crippen molar-refractivity contribution in [3.63, 3.8) is 0 Å². The number of aryl methyl sites for hydroxylation is 1. The lowest BCUT2D eigenvalue weighted by atomic mass is 10.0. The number of aromatic amines is 1. The summed E-state index contributed by atoms with van der Waals surface area (Å²) in [6.45, 7) is 5.69. The molecule has 0 aliphatic heterocycles. The molecule has 0 spiro atoms. The highest BCUT2D eigenvalue weighted by Gasteiger charge is 2.23. The predicted octanol–water partition coefficient (Wildman–Crippen LogP) is 3.77. The van der Waals surface area contributed by atoms with Gasteiger partial charge in [-0.2, -0.15) is 0 Å². The van der Waals surface area contributed by atoms with Crippen LogP contribution in [0.15, 0.2) is 24.3 Å². The maximum Gasteiger partial charge on any atom is 0.268 e. The fraction of sp³-hybridized carbons (Fsp3) is 0.400. The number of Topliss-reactive ketones (excluding diaryl/α,β-unsaturated/α-hetero) is 1. The second-order valence-corrected chi connectivity index (χ2v) is 7.01. The molecule has 1 aromatic heterocycles. The molecule has 1 amide bonds. The third-order valence-corrected chi connectivity index (χ3v) is 4.91. The van der Waals surface area contributed by atoms with E-state index >= 15 is 0 Å². The molecule has 1 unspecified atom stereocenters. The second-order valence-electron chi connectivity index (χ2n) is 6.60. The van der Waals surface area contributed by atoms with Crippen LogP contribution in [0.25, 0.3) is 0 Å². The Hall–Kier alpha value is -2.11. The van der Waals surface area contributed by atoms with Crippen LogP contribution in [0.2, 0.25) is 5.02 Å². The summed E-state index contributed by atoms with van der Waals surface area (Å²) in [4.78, 5) is 29.7. The van der Waals surface area contributed by atoms with Crippen molar-refractivity contribution in [2.24, 2.45) is 0 Å². The number of amides is 1. The van der Waals surface area contributed by atoms with Gasteiger partial charge in [-0.15, -0.1) is 0 Å². The lowest BCUT2D eigenvalue weighted by Crippen LogP contribution is -2.35. The minimum absolute atomic E-state index is 0.0307. The van der Waals surface area contributed by atoms with Gasteiger partial charge in [0.25, 0.3) is 5.91 Å². The van der Waals surface area contributed by atoms with E-state index < -0.39 is 0 Å². The van der Waals surface area contributed by atoms with Crippen LogP contribution in [0.4, 0.5) is 0 Å². The van der Waals surface area contributed by atoms with Crippen LogP contribution in [0, 0.1) is 6.92 Å². The van der Waals surface area contributed by atoms with Crippen molar-refractivity contribution < 1.29 is 9.59 Å². The van der Waals surface area contributed by atoms with Crippen molar-refractivity contribution in [1.82, 2.24) is 15.2 Å². The van der Waals surface area contributed by atoms with Crippen molar-refractivity contribution in [2.75, 3.05) is 20.6 Å². The maximum atomic E-state index is 12.8. The molecule has 0 saturated heterocycles. The molecule has 2 aromatic rings. The van der Waals surface area contributed by atoms with Gasteiger partial charge in [0, 0.05) is 22.8 Å². The van der Waals surface area contributed by atoms with Gasteiger partial charge in [0.1, 0.15) is 5.69 Å². The lowest BCUT2D eigenvalue weighted by Gasteiger charge is -2.26. The predicted molar refractivity (Wildman–Crippen MR) is 105 cm³/mol. The number of likely N-dealkylation sites (N-methyl/N-ethyl adjacent to an activating group) is 1. The van der Waals surface area contributed by atoms with Crippen molar-refractivity contribution in [2.45, 2.75) is 33.2 Å². The number of H-pyrrole nitrogens is 1. The number of halogens is 1. The standard InChI is InChI=1S/C20H26ClN3O2/c1-6-14-18(13(3)25)12(2)23-19(14)20(26)22-11-17(24(4)5)15-9-7-8-10-16(15)21/h7-10,17,23H,6,11H2,1-5H3,(H,22,26). The summed E-state index contributed by atoms with van der Waals surface area (Å²) in [6.07, 6.45) is 0.615. The van der Waals surface area contributed by atoms with Crippen LogP contribution < -0.4 is 5.32 Å². The van der Waals surface area contributed by atoms with E-state index in [4.69, 9.17) is 11.6 Å². The van der Waals surface area contributed by atoms with E-state index in [2.05, 4.69) is 10.3 Å². The number of ketones is 1. The molecule has 2 N–H and O–H groups in total. The van der Waals surface area contributed by atoms with E-state index in [1.165, 1.54) is 6.92 Å². The first-order chi connectivity index (χ1) is 12.3. The normalized spacial score (nSPS) is 12.3. The average molecular weight is 376 g/mol. The molecule has 0 aliphatic rings. The zero-order valence-corrected chi connectivity index (χ0v) is 16.7. The molecule has 0 saturated carbocycles. The summed E-state index contributed by atoms with van der Waals surface area (Å²) >= 11 is 6.32. The molecular formula is C20H26ClN3O2. The number of rotatable bonds is 7. The largest absolute Gasteiger partial charge is 0.354 e. The Balaban J connectivity index is 2.23. The molecule has 2 rings (SSSR count). The third kappa shape index (κ3) is 4.17. The van der Waals surface area contributed by atoms with Crippen molar-refractivity contribution in [1.29, 1.82) is 0 Å². The Kier molecular flexibility index (Phi) is 6.62. The van der Waals surface area contributed by atoms with E-state index in [9.17, 15) is 9.59 Å². The zero-order chi connectivity index (χ0) is 19.4. The summed E-state index contributed by atoms with van der Waals surface area (Å²) in [6, 6.07) is 7.57. The topological polar surface area (TPSA) is 65.2 Å². The zero-order valence-electron chi connectivity index (χ0n) is 15.9. The van der Waals surface area contributed by atoms with Gasteiger partial charge in [0.2, 0.25) is 0 Å². The van der Waals surface area contributed by atoms with Gasteiger partial charge in [0.15, 0.2) is 5.78 Å². The van der Waals surface area contributed by atoms with Crippen LogP contribution >= 0.6 is 11.6 Å². The molecule has 5 nitrogen and oxygen atoms in total. The quantitative estimate of drug-likeness (QED) is 0.724. The van der Waals surface area contributed by atoms with Gasteiger partial charge in [0.05, 0.1) is 6.04 Å². The van der Waals surface area contributed by atoms with E-state index in [0.29, 0.717) is 29.2 Å². The minimum atomic E-state index is -0.212. The number of hydrogen-bond donors (Lipinski definition) is 2. The minimum Gasteiger partial charge on any atom is -0.354 e. The Morgan fingerprint density at radius 2 is 1.92 bits per heavy atom. The monoisotopic (exact) mass is 375 g/mol. The van der Waals surface area contributed by atoms with Crippen LogP contribution in [0.5, 0.6) is 0 Å². The van der Waals surface area contributed by atoms with Gasteiger partial charge in [-0.3, -0.25) is 9.59 Å². The molecule has 0 fully saturated rings. The van der Waals surface area contributed by atoms with Crippen molar-refractivity contribution in [3.05, 3.63) is 57.4 Å². The van der Waals surface area contributed by atoms with Gasteiger partial charge < -0.3 is 15.2 Å². The number of nitrogens with one attached hydrogen (secondary N) is 2. The third-order valence-electron chi connectivity index (χ3n) is 4.57. The smallest absolute Gasteiger partial charge is 0.268 e. The molecule has 1 atom stereocenters. The number of benzene rings is 1. The Morgan fingerprint density at radius 1 is 1.27 bits per heavy atom. The van der Waals surface area contributed by atoms with Crippen LogP contribution in [-0.4, -0.2) is 42.2 Å². The number of carbonyl (C=O) groups excluding carboxylic acids is 2. The average Bonchev–Trinajstić information content (AvgIpc) is 2.92. The van der Waals surface area contributed by atoms with Gasteiger partial charge in [-0.1, -0.05) is 36.7 Å². The molecule has 6 heteroatoms. The lowest BCUT2D eigenvalue weighted by molar-refractivity contribution is 0.0936. The summed E-state index contributed by atoms with van der Waals surface area (Å²) in [5, 5.41) is 3.65. The Morgan fingerprint density at radius 3 is 2.46 bits per heavy atom. The number of nitrogens with zero attached hydrogens (tertiary/aromatic N) is 1. The van der Waals surface area contributed by atoms with Crippen molar-refractivity contribution >= 4 is 23.3 Å². The van der Waals surface area contributed by atoms with Gasteiger partial charge in [-0.05, 0) is 51.6 Å². The molecule has 0 aliphatic carbocycles.